The van der Waals surface area contributed by atoms with Crippen LogP contribution in [0.1, 0.15) is 12.8 Å². The highest BCUT2D eigenvalue weighted by molar-refractivity contribution is 5.67. The number of rotatable bonds is 1. The van der Waals surface area contributed by atoms with Gasteiger partial charge in [0.25, 0.3) is 0 Å². The first-order valence-electron chi connectivity index (χ1n) is 3.73. The summed E-state index contributed by atoms with van der Waals surface area (Å²) in [5, 5.41) is 0. The molecule has 0 saturated heterocycles. The van der Waals surface area contributed by atoms with Gasteiger partial charge in [-0.25, -0.2) is 4.79 Å². The van der Waals surface area contributed by atoms with Gasteiger partial charge in [0.15, 0.2) is 0 Å². The third kappa shape index (κ3) is 2.08. The zero-order valence-corrected chi connectivity index (χ0v) is 6.91. The molecular weight excluding hydrogens is 144 g/mol. The molecule has 4 nitrogen and oxygen atoms in total. The molecule has 0 bridgehead atoms. The largest absolute Gasteiger partial charge is 0.446 e. The molecule has 0 aromatic heterocycles. The fourth-order valence-electron chi connectivity index (χ4n) is 0.951. The molecular formula is C7H14N2O2. The standard InChI is InChI=1S/C7H14N2O2/c1-9(2)7(10)11-6-3-5(8)4-6/h5-6H,3-4,8H2,1-2H3/t5-,6-. The second-order valence-corrected chi connectivity index (χ2v) is 3.13. The van der Waals surface area contributed by atoms with Crippen molar-refractivity contribution >= 4 is 6.09 Å². The van der Waals surface area contributed by atoms with Gasteiger partial charge in [-0.3, -0.25) is 0 Å². The van der Waals surface area contributed by atoms with Gasteiger partial charge in [-0.05, 0) is 12.8 Å². The zero-order chi connectivity index (χ0) is 8.43. The van der Waals surface area contributed by atoms with Crippen molar-refractivity contribution < 1.29 is 9.53 Å². The molecule has 11 heavy (non-hydrogen) atoms. The Bertz CT molecular complexity index is 153. The van der Waals surface area contributed by atoms with Crippen molar-refractivity contribution in [1.29, 1.82) is 0 Å². The van der Waals surface area contributed by atoms with Crippen molar-refractivity contribution in [3.63, 3.8) is 0 Å². The van der Waals surface area contributed by atoms with Gasteiger partial charge in [-0.1, -0.05) is 0 Å². The maximum Gasteiger partial charge on any atom is 0.409 e. The number of carbonyl (C=O) groups excluding carboxylic acids is 1. The van der Waals surface area contributed by atoms with Gasteiger partial charge in [-0.2, -0.15) is 0 Å². The molecule has 0 spiro atoms. The Kier molecular flexibility index (Phi) is 2.34. The summed E-state index contributed by atoms with van der Waals surface area (Å²) in [6.07, 6.45) is 1.39. The number of hydrogen-bond donors (Lipinski definition) is 1. The summed E-state index contributed by atoms with van der Waals surface area (Å²) in [5.74, 6) is 0. The second kappa shape index (κ2) is 3.09. The Labute approximate surface area is 66.3 Å². The lowest BCUT2D eigenvalue weighted by atomic mass is 9.90. The summed E-state index contributed by atoms with van der Waals surface area (Å²) in [4.78, 5) is 12.3. The highest BCUT2D eigenvalue weighted by Crippen LogP contribution is 2.21. The van der Waals surface area contributed by atoms with Crippen molar-refractivity contribution in [2.45, 2.75) is 25.0 Å². The lowest BCUT2D eigenvalue weighted by Gasteiger charge is -2.32. The van der Waals surface area contributed by atoms with Crippen LogP contribution in [0.2, 0.25) is 0 Å². The van der Waals surface area contributed by atoms with Crippen LogP contribution in [0.5, 0.6) is 0 Å². The number of nitrogens with zero attached hydrogens (tertiary/aromatic N) is 1. The molecule has 1 fully saturated rings. The van der Waals surface area contributed by atoms with E-state index in [9.17, 15) is 4.79 Å². The van der Waals surface area contributed by atoms with Crippen molar-refractivity contribution in [2.75, 3.05) is 14.1 Å². The summed E-state index contributed by atoms with van der Waals surface area (Å²) in [5.41, 5.74) is 5.52. The first-order chi connectivity index (χ1) is 5.09. The van der Waals surface area contributed by atoms with Crippen LogP contribution in [0.4, 0.5) is 4.79 Å². The molecule has 1 aliphatic rings. The Balaban J connectivity index is 2.17. The highest BCUT2D eigenvalue weighted by atomic mass is 16.6. The van der Waals surface area contributed by atoms with E-state index in [1.165, 1.54) is 4.90 Å². The monoisotopic (exact) mass is 158 g/mol. The van der Waals surface area contributed by atoms with Gasteiger partial charge >= 0.3 is 6.09 Å². The molecule has 64 valence electrons. The number of amides is 1. The molecule has 2 N–H and O–H groups in total. The van der Waals surface area contributed by atoms with Crippen molar-refractivity contribution in [3.05, 3.63) is 0 Å². The van der Waals surface area contributed by atoms with Gasteiger partial charge in [0.2, 0.25) is 0 Å². The van der Waals surface area contributed by atoms with E-state index in [2.05, 4.69) is 0 Å². The number of ether oxygens (including phenoxy) is 1. The van der Waals surface area contributed by atoms with Crippen LogP contribution in [0, 0.1) is 0 Å². The molecule has 1 amide bonds. The molecule has 1 saturated carbocycles. The van der Waals surface area contributed by atoms with Crippen molar-refractivity contribution in [3.8, 4) is 0 Å². The quantitative estimate of drug-likeness (QED) is 0.592. The van der Waals surface area contributed by atoms with Crippen molar-refractivity contribution in [1.82, 2.24) is 4.90 Å². The van der Waals surface area contributed by atoms with Gasteiger partial charge in [0, 0.05) is 20.1 Å². The van der Waals surface area contributed by atoms with Gasteiger partial charge in [-0.15, -0.1) is 0 Å². The van der Waals surface area contributed by atoms with Gasteiger partial charge in [0.05, 0.1) is 0 Å². The Morgan fingerprint density at radius 1 is 1.55 bits per heavy atom. The van der Waals surface area contributed by atoms with Crippen LogP contribution in [0.3, 0.4) is 0 Å². The van der Waals surface area contributed by atoms with E-state index in [1.807, 2.05) is 0 Å². The van der Waals surface area contributed by atoms with E-state index in [0.717, 1.165) is 12.8 Å². The minimum absolute atomic E-state index is 0.0555. The van der Waals surface area contributed by atoms with Crippen LogP contribution < -0.4 is 5.73 Å². The zero-order valence-electron chi connectivity index (χ0n) is 6.91. The Morgan fingerprint density at radius 3 is 2.45 bits per heavy atom. The van der Waals surface area contributed by atoms with Crippen LogP contribution in [-0.2, 0) is 4.74 Å². The topological polar surface area (TPSA) is 55.6 Å². The summed E-state index contributed by atoms with van der Waals surface area (Å²) < 4.78 is 5.03. The molecule has 0 aromatic carbocycles. The minimum atomic E-state index is -0.276. The van der Waals surface area contributed by atoms with Gasteiger partial charge in [0.1, 0.15) is 6.10 Å². The maximum atomic E-state index is 10.9. The van der Waals surface area contributed by atoms with Crippen LogP contribution in [0.25, 0.3) is 0 Å². The summed E-state index contributed by atoms with van der Waals surface area (Å²) in [7, 11) is 3.34. The molecule has 0 unspecified atom stereocenters. The van der Waals surface area contributed by atoms with Crippen molar-refractivity contribution in [2.24, 2.45) is 5.73 Å². The smallest absolute Gasteiger partial charge is 0.409 e. The van der Waals surface area contributed by atoms with E-state index in [0.29, 0.717) is 0 Å². The van der Waals surface area contributed by atoms with E-state index in [-0.39, 0.29) is 18.2 Å². The number of nitrogens with two attached hydrogens (primary N) is 1. The van der Waals surface area contributed by atoms with Gasteiger partial charge < -0.3 is 15.4 Å². The molecule has 1 aliphatic carbocycles. The predicted molar refractivity (Wildman–Crippen MR) is 41.2 cm³/mol. The SMILES string of the molecule is CN(C)C(=O)O[C@H]1C[C@H](N)C1. The fraction of sp³-hybridized carbons (Fsp3) is 0.857. The molecule has 1 rings (SSSR count). The van der Waals surface area contributed by atoms with E-state index in [1.54, 1.807) is 14.1 Å². The summed E-state index contributed by atoms with van der Waals surface area (Å²) >= 11 is 0. The maximum absolute atomic E-state index is 10.9. The average Bonchev–Trinajstić information content (AvgIpc) is 1.84. The predicted octanol–water partition coefficient (Wildman–Crippen LogP) is 0.174. The number of hydrogen-bond acceptors (Lipinski definition) is 3. The first-order valence-corrected chi connectivity index (χ1v) is 3.73. The normalized spacial score (nSPS) is 29.0. The first kappa shape index (κ1) is 8.33. The molecule has 4 heteroatoms. The molecule has 0 aromatic rings. The minimum Gasteiger partial charge on any atom is -0.446 e. The van der Waals surface area contributed by atoms with Crippen LogP contribution in [0.15, 0.2) is 0 Å². The number of carbonyl (C=O) groups is 1. The molecule has 0 aliphatic heterocycles. The van der Waals surface area contributed by atoms with Crippen LogP contribution in [-0.4, -0.2) is 37.2 Å². The van der Waals surface area contributed by atoms with E-state index < -0.39 is 0 Å². The third-order valence-electron chi connectivity index (χ3n) is 1.76. The lowest BCUT2D eigenvalue weighted by Crippen LogP contribution is -2.44. The molecule has 0 atom stereocenters. The second-order valence-electron chi connectivity index (χ2n) is 3.13. The fourth-order valence-corrected chi connectivity index (χ4v) is 0.951. The van der Waals surface area contributed by atoms with Crippen LogP contribution >= 0.6 is 0 Å². The van der Waals surface area contributed by atoms with E-state index in [4.69, 9.17) is 10.5 Å². The van der Waals surface area contributed by atoms with E-state index >= 15 is 0 Å². The Hall–Kier alpha value is -0.770. The Morgan fingerprint density at radius 2 is 2.09 bits per heavy atom. The highest BCUT2D eigenvalue weighted by Gasteiger charge is 2.29. The summed E-state index contributed by atoms with van der Waals surface area (Å²) in [6.45, 7) is 0. The average molecular weight is 158 g/mol. The molecule has 0 heterocycles. The summed E-state index contributed by atoms with van der Waals surface area (Å²) in [6, 6.07) is 0.231. The third-order valence-corrected chi connectivity index (χ3v) is 1.76. The lowest BCUT2D eigenvalue weighted by molar-refractivity contribution is 0.0257. The molecule has 0 radical (unpaired) electrons.